The van der Waals surface area contributed by atoms with Gasteiger partial charge >= 0.3 is 0 Å². The van der Waals surface area contributed by atoms with Gasteiger partial charge in [-0.15, -0.1) is 0 Å². The molecule has 0 amide bonds. The van der Waals surface area contributed by atoms with E-state index in [1.807, 2.05) is 6.92 Å². The van der Waals surface area contributed by atoms with Crippen LogP contribution >= 0.6 is 0 Å². The van der Waals surface area contributed by atoms with Crippen molar-refractivity contribution in [1.82, 2.24) is 10.3 Å². The number of nitrogens with zero attached hydrogens (tertiary/aromatic N) is 2. The quantitative estimate of drug-likeness (QED) is 0.796. The zero-order valence-electron chi connectivity index (χ0n) is 8.66. The Morgan fingerprint density at radius 1 is 1.73 bits per heavy atom. The average molecular weight is 203 g/mol. The van der Waals surface area contributed by atoms with Crippen molar-refractivity contribution in [2.45, 2.75) is 19.4 Å². The summed E-state index contributed by atoms with van der Waals surface area (Å²) in [7, 11) is 0. The van der Waals surface area contributed by atoms with E-state index in [2.05, 4.69) is 16.4 Å². The van der Waals surface area contributed by atoms with Gasteiger partial charge in [0.25, 0.3) is 0 Å². The fourth-order valence-corrected chi connectivity index (χ4v) is 1.39. The van der Waals surface area contributed by atoms with Gasteiger partial charge in [0.1, 0.15) is 18.4 Å². The summed E-state index contributed by atoms with van der Waals surface area (Å²) in [5, 5.41) is 12.1. The molecule has 4 nitrogen and oxygen atoms in total. The molecule has 1 aliphatic rings. The standard InChI is InChI=1S/C11H13N3O/c1-8-9(5-12)4-11(6-14-8)15-7-10-2-3-13-10/h4,6,10,13H,2-3,7H2,1H3/t10-/m1/s1. The van der Waals surface area contributed by atoms with Crippen LogP contribution in [0.5, 0.6) is 5.75 Å². The molecule has 0 spiro atoms. The Morgan fingerprint density at radius 3 is 3.13 bits per heavy atom. The lowest BCUT2D eigenvalue weighted by molar-refractivity contribution is 0.217. The van der Waals surface area contributed by atoms with Crippen LogP contribution in [0.3, 0.4) is 0 Å². The minimum absolute atomic E-state index is 0.455. The normalized spacial score (nSPS) is 19.1. The van der Waals surface area contributed by atoms with E-state index in [-0.39, 0.29) is 0 Å². The highest BCUT2D eigenvalue weighted by molar-refractivity contribution is 5.37. The van der Waals surface area contributed by atoms with E-state index in [1.54, 1.807) is 12.3 Å². The number of hydrogen-bond donors (Lipinski definition) is 1. The van der Waals surface area contributed by atoms with Gasteiger partial charge in [0.15, 0.2) is 0 Å². The fraction of sp³-hybridized carbons (Fsp3) is 0.455. The molecule has 4 heteroatoms. The average Bonchev–Trinajstić information content (AvgIpc) is 2.18. The van der Waals surface area contributed by atoms with Crippen LogP contribution in [0.2, 0.25) is 0 Å². The first-order valence-electron chi connectivity index (χ1n) is 5.02. The molecule has 15 heavy (non-hydrogen) atoms. The molecular weight excluding hydrogens is 190 g/mol. The van der Waals surface area contributed by atoms with Gasteiger partial charge in [-0.25, -0.2) is 0 Å². The molecule has 78 valence electrons. The second-order valence-electron chi connectivity index (χ2n) is 3.67. The lowest BCUT2D eigenvalue weighted by Gasteiger charge is -2.27. The third-order valence-electron chi connectivity index (χ3n) is 2.56. The summed E-state index contributed by atoms with van der Waals surface area (Å²) in [4.78, 5) is 4.10. The predicted molar refractivity (Wildman–Crippen MR) is 55.6 cm³/mol. The second kappa shape index (κ2) is 4.28. The summed E-state index contributed by atoms with van der Waals surface area (Å²) in [6.45, 7) is 3.54. The minimum Gasteiger partial charge on any atom is -0.490 e. The maximum absolute atomic E-state index is 8.82. The highest BCUT2D eigenvalue weighted by atomic mass is 16.5. The Labute approximate surface area is 88.9 Å². The van der Waals surface area contributed by atoms with E-state index in [0.29, 0.717) is 24.0 Å². The number of pyridine rings is 1. The first kappa shape index (κ1) is 9.94. The number of nitrogens with one attached hydrogen (secondary N) is 1. The molecule has 1 N–H and O–H groups in total. The predicted octanol–water partition coefficient (Wildman–Crippen LogP) is 1.00. The van der Waals surface area contributed by atoms with Crippen LogP contribution in [0.4, 0.5) is 0 Å². The monoisotopic (exact) mass is 203 g/mol. The van der Waals surface area contributed by atoms with E-state index >= 15 is 0 Å². The molecule has 0 aliphatic carbocycles. The first-order valence-corrected chi connectivity index (χ1v) is 5.02. The molecular formula is C11H13N3O. The van der Waals surface area contributed by atoms with Crippen LogP contribution in [0.1, 0.15) is 17.7 Å². The Balaban J connectivity index is 1.99. The molecule has 0 aromatic carbocycles. The van der Waals surface area contributed by atoms with Gasteiger partial charge in [-0.2, -0.15) is 5.26 Å². The van der Waals surface area contributed by atoms with Crippen LogP contribution in [-0.4, -0.2) is 24.2 Å². The number of aromatic nitrogens is 1. The summed E-state index contributed by atoms with van der Waals surface area (Å²) >= 11 is 0. The number of hydrogen-bond acceptors (Lipinski definition) is 4. The molecule has 2 rings (SSSR count). The van der Waals surface area contributed by atoms with Gasteiger partial charge in [-0.1, -0.05) is 0 Å². The van der Waals surface area contributed by atoms with Crippen LogP contribution in [0, 0.1) is 18.3 Å². The molecule has 1 aromatic rings. The Bertz CT molecular complexity index is 393. The molecule has 1 saturated heterocycles. The third-order valence-corrected chi connectivity index (χ3v) is 2.56. The lowest BCUT2D eigenvalue weighted by atomic mass is 10.1. The lowest BCUT2D eigenvalue weighted by Crippen LogP contribution is -2.46. The third kappa shape index (κ3) is 2.25. The highest BCUT2D eigenvalue weighted by Gasteiger charge is 2.16. The Hall–Kier alpha value is -1.60. The largest absolute Gasteiger partial charge is 0.490 e. The van der Waals surface area contributed by atoms with E-state index in [4.69, 9.17) is 10.00 Å². The van der Waals surface area contributed by atoms with Crippen molar-refractivity contribution in [3.05, 3.63) is 23.5 Å². The summed E-state index contributed by atoms with van der Waals surface area (Å²) < 4.78 is 5.53. The topological polar surface area (TPSA) is 57.9 Å². The molecule has 0 bridgehead atoms. The molecule has 1 aliphatic heterocycles. The van der Waals surface area contributed by atoms with E-state index in [0.717, 1.165) is 18.7 Å². The first-order chi connectivity index (χ1) is 7.29. The molecule has 1 atom stereocenters. The van der Waals surface area contributed by atoms with Crippen LogP contribution in [0.15, 0.2) is 12.3 Å². The number of ether oxygens (including phenoxy) is 1. The number of nitriles is 1. The summed E-state index contributed by atoms with van der Waals surface area (Å²) in [6, 6.07) is 4.29. The summed E-state index contributed by atoms with van der Waals surface area (Å²) in [5.41, 5.74) is 1.32. The molecule has 2 heterocycles. The number of rotatable bonds is 3. The van der Waals surface area contributed by atoms with E-state index in [9.17, 15) is 0 Å². The van der Waals surface area contributed by atoms with Crippen molar-refractivity contribution in [1.29, 1.82) is 5.26 Å². The molecule has 0 unspecified atom stereocenters. The van der Waals surface area contributed by atoms with Crippen molar-refractivity contribution in [2.75, 3.05) is 13.2 Å². The fourth-order valence-electron chi connectivity index (χ4n) is 1.39. The van der Waals surface area contributed by atoms with Gasteiger partial charge in [0.05, 0.1) is 17.5 Å². The summed E-state index contributed by atoms with van der Waals surface area (Å²) in [6.07, 6.45) is 2.82. The van der Waals surface area contributed by atoms with Crippen molar-refractivity contribution >= 4 is 0 Å². The van der Waals surface area contributed by atoms with Crippen molar-refractivity contribution in [3.63, 3.8) is 0 Å². The van der Waals surface area contributed by atoms with Crippen molar-refractivity contribution in [3.8, 4) is 11.8 Å². The van der Waals surface area contributed by atoms with Crippen molar-refractivity contribution < 1.29 is 4.74 Å². The summed E-state index contributed by atoms with van der Waals surface area (Å²) in [5.74, 6) is 0.672. The molecule has 0 saturated carbocycles. The molecule has 1 aromatic heterocycles. The Morgan fingerprint density at radius 2 is 2.53 bits per heavy atom. The van der Waals surface area contributed by atoms with E-state index in [1.165, 1.54) is 0 Å². The zero-order chi connectivity index (χ0) is 10.7. The van der Waals surface area contributed by atoms with E-state index < -0.39 is 0 Å². The number of aryl methyl sites for hydroxylation is 1. The highest BCUT2D eigenvalue weighted by Crippen LogP contribution is 2.15. The smallest absolute Gasteiger partial charge is 0.139 e. The van der Waals surface area contributed by atoms with Gasteiger partial charge < -0.3 is 10.1 Å². The molecule has 1 fully saturated rings. The Kier molecular flexibility index (Phi) is 2.84. The van der Waals surface area contributed by atoms with Gasteiger partial charge in [0.2, 0.25) is 0 Å². The van der Waals surface area contributed by atoms with Gasteiger partial charge in [0, 0.05) is 12.1 Å². The van der Waals surface area contributed by atoms with Crippen molar-refractivity contribution in [2.24, 2.45) is 0 Å². The van der Waals surface area contributed by atoms with Gasteiger partial charge in [-0.3, -0.25) is 4.98 Å². The SMILES string of the molecule is Cc1ncc(OC[C@H]2CCN2)cc1C#N. The second-order valence-corrected chi connectivity index (χ2v) is 3.67. The zero-order valence-corrected chi connectivity index (χ0v) is 8.66. The maximum atomic E-state index is 8.82. The minimum atomic E-state index is 0.455. The van der Waals surface area contributed by atoms with Crippen LogP contribution in [0.25, 0.3) is 0 Å². The van der Waals surface area contributed by atoms with Crippen LogP contribution in [-0.2, 0) is 0 Å². The maximum Gasteiger partial charge on any atom is 0.139 e. The van der Waals surface area contributed by atoms with Crippen LogP contribution < -0.4 is 10.1 Å². The van der Waals surface area contributed by atoms with Gasteiger partial charge in [-0.05, 0) is 19.9 Å². The molecule has 0 radical (unpaired) electrons.